The number of aliphatic imine (C=N–C) groups is 1. The average Bonchev–Trinajstić information content (AvgIpc) is 3.18. The number of nitrogens with zero attached hydrogens (tertiary/aromatic N) is 3. The van der Waals surface area contributed by atoms with Crippen molar-refractivity contribution >= 4 is 43.7 Å². The number of hydrogen-bond donors (Lipinski definition) is 1. The lowest BCUT2D eigenvalue weighted by Crippen LogP contribution is -2.21. The van der Waals surface area contributed by atoms with Gasteiger partial charge in [-0.15, -0.1) is 0 Å². The SMILES string of the molecule is Cc1ccc(-n2c(O)c(C=Nc3nc4ccccc4s3)c3ccccc3c2=O)c(C)c1. The highest BCUT2D eigenvalue weighted by molar-refractivity contribution is 7.22. The molecule has 31 heavy (non-hydrogen) atoms. The molecule has 0 saturated heterocycles. The maximum absolute atomic E-state index is 13.3. The number of aromatic hydroxyl groups is 1. The fraction of sp³-hybridized carbons (Fsp3) is 0.0800. The van der Waals surface area contributed by atoms with Crippen molar-refractivity contribution in [1.82, 2.24) is 9.55 Å². The maximum Gasteiger partial charge on any atom is 0.265 e. The number of fused-ring (bicyclic) bond motifs is 2. The molecule has 5 rings (SSSR count). The molecule has 0 unspecified atom stereocenters. The summed E-state index contributed by atoms with van der Waals surface area (Å²) in [6.07, 6.45) is 1.59. The number of pyridine rings is 1. The third kappa shape index (κ3) is 3.31. The van der Waals surface area contributed by atoms with E-state index in [2.05, 4.69) is 9.98 Å². The highest BCUT2D eigenvalue weighted by atomic mass is 32.1. The first-order valence-corrected chi connectivity index (χ1v) is 10.7. The smallest absolute Gasteiger partial charge is 0.265 e. The molecular formula is C25H19N3O2S. The van der Waals surface area contributed by atoms with Crippen LogP contribution >= 0.6 is 11.3 Å². The van der Waals surface area contributed by atoms with Crippen molar-refractivity contribution in [2.75, 3.05) is 0 Å². The van der Waals surface area contributed by atoms with Crippen LogP contribution in [0.2, 0.25) is 0 Å². The normalized spacial score (nSPS) is 11.7. The Balaban J connectivity index is 1.74. The van der Waals surface area contributed by atoms with E-state index in [0.29, 0.717) is 27.2 Å². The van der Waals surface area contributed by atoms with Gasteiger partial charge in [-0.05, 0) is 43.7 Å². The van der Waals surface area contributed by atoms with Crippen LogP contribution in [0.4, 0.5) is 5.13 Å². The van der Waals surface area contributed by atoms with E-state index in [4.69, 9.17) is 0 Å². The Labute approximate surface area is 182 Å². The van der Waals surface area contributed by atoms with Crippen LogP contribution in [0.25, 0.3) is 26.7 Å². The van der Waals surface area contributed by atoms with Crippen LogP contribution in [-0.2, 0) is 0 Å². The van der Waals surface area contributed by atoms with Gasteiger partial charge in [-0.2, -0.15) is 0 Å². The fourth-order valence-electron chi connectivity index (χ4n) is 3.80. The van der Waals surface area contributed by atoms with Crippen LogP contribution < -0.4 is 5.56 Å². The zero-order chi connectivity index (χ0) is 21.5. The molecule has 3 aromatic carbocycles. The Morgan fingerprint density at radius 3 is 2.52 bits per heavy atom. The summed E-state index contributed by atoms with van der Waals surface area (Å²) >= 11 is 1.48. The minimum Gasteiger partial charge on any atom is -0.494 e. The molecule has 5 aromatic rings. The summed E-state index contributed by atoms with van der Waals surface area (Å²) in [4.78, 5) is 22.3. The fourth-order valence-corrected chi connectivity index (χ4v) is 4.62. The molecule has 0 aliphatic heterocycles. The van der Waals surface area contributed by atoms with Crippen LogP contribution in [0.3, 0.4) is 0 Å². The molecule has 0 saturated carbocycles. The maximum atomic E-state index is 13.3. The highest BCUT2D eigenvalue weighted by Gasteiger charge is 2.17. The summed E-state index contributed by atoms with van der Waals surface area (Å²) in [5.41, 5.74) is 3.74. The number of thiazole rings is 1. The topological polar surface area (TPSA) is 67.5 Å². The van der Waals surface area contributed by atoms with Gasteiger partial charge in [0.15, 0.2) is 0 Å². The molecule has 0 atom stereocenters. The molecule has 2 aromatic heterocycles. The van der Waals surface area contributed by atoms with Gasteiger partial charge in [-0.25, -0.2) is 14.5 Å². The average molecular weight is 426 g/mol. The van der Waals surface area contributed by atoms with Crippen molar-refractivity contribution in [2.45, 2.75) is 13.8 Å². The van der Waals surface area contributed by atoms with Gasteiger partial charge in [0.2, 0.25) is 11.0 Å². The van der Waals surface area contributed by atoms with E-state index in [1.54, 1.807) is 12.3 Å². The molecule has 6 heteroatoms. The molecule has 0 fully saturated rings. The Bertz CT molecular complexity index is 1510. The standard InChI is InChI=1S/C25H19N3O2S/c1-15-11-12-21(16(2)13-15)28-23(29)18-8-4-3-7-17(18)19(24(28)30)14-26-25-27-20-9-5-6-10-22(20)31-25/h3-14,30H,1-2H3. The second-order valence-corrected chi connectivity index (χ2v) is 8.44. The summed E-state index contributed by atoms with van der Waals surface area (Å²) in [5.74, 6) is -0.138. The number of para-hydroxylation sites is 1. The van der Waals surface area contributed by atoms with Crippen molar-refractivity contribution in [2.24, 2.45) is 4.99 Å². The summed E-state index contributed by atoms with van der Waals surface area (Å²) < 4.78 is 2.40. The van der Waals surface area contributed by atoms with Gasteiger partial charge in [-0.1, -0.05) is 59.4 Å². The van der Waals surface area contributed by atoms with Gasteiger partial charge in [0.25, 0.3) is 5.56 Å². The van der Waals surface area contributed by atoms with E-state index in [0.717, 1.165) is 21.3 Å². The quantitative estimate of drug-likeness (QED) is 0.379. The van der Waals surface area contributed by atoms with Gasteiger partial charge >= 0.3 is 0 Å². The van der Waals surface area contributed by atoms with Crippen LogP contribution in [-0.4, -0.2) is 20.9 Å². The summed E-state index contributed by atoms with van der Waals surface area (Å²) in [5, 5.41) is 12.9. The van der Waals surface area contributed by atoms with Crippen molar-refractivity contribution in [3.05, 3.63) is 93.8 Å². The third-order valence-corrected chi connectivity index (χ3v) is 6.23. The highest BCUT2D eigenvalue weighted by Crippen LogP contribution is 2.30. The second kappa shape index (κ2) is 7.49. The molecule has 0 bridgehead atoms. The third-order valence-electron chi connectivity index (χ3n) is 5.28. The van der Waals surface area contributed by atoms with Crippen LogP contribution in [0.1, 0.15) is 16.7 Å². The predicted molar refractivity (Wildman–Crippen MR) is 128 cm³/mol. The van der Waals surface area contributed by atoms with Gasteiger partial charge in [0.05, 0.1) is 21.5 Å². The molecular weight excluding hydrogens is 406 g/mol. The molecule has 1 N–H and O–H groups in total. The van der Waals surface area contributed by atoms with E-state index >= 15 is 0 Å². The molecule has 0 spiro atoms. The van der Waals surface area contributed by atoms with Gasteiger partial charge in [0, 0.05) is 17.0 Å². The van der Waals surface area contributed by atoms with Gasteiger partial charge < -0.3 is 5.11 Å². The van der Waals surface area contributed by atoms with Crippen LogP contribution in [0, 0.1) is 13.8 Å². The zero-order valence-corrected chi connectivity index (χ0v) is 17.9. The van der Waals surface area contributed by atoms with Crippen molar-refractivity contribution in [3.63, 3.8) is 0 Å². The van der Waals surface area contributed by atoms with E-state index in [9.17, 15) is 9.90 Å². The summed E-state index contributed by atoms with van der Waals surface area (Å²) in [7, 11) is 0. The van der Waals surface area contributed by atoms with E-state index in [1.165, 1.54) is 15.9 Å². The zero-order valence-electron chi connectivity index (χ0n) is 17.0. The molecule has 2 heterocycles. The second-order valence-electron chi connectivity index (χ2n) is 7.44. The molecule has 0 aliphatic rings. The van der Waals surface area contributed by atoms with E-state index in [1.807, 2.05) is 74.5 Å². The van der Waals surface area contributed by atoms with E-state index < -0.39 is 0 Å². The predicted octanol–water partition coefficient (Wildman–Crippen LogP) is 5.67. The largest absolute Gasteiger partial charge is 0.494 e. The van der Waals surface area contributed by atoms with Crippen molar-refractivity contribution in [1.29, 1.82) is 0 Å². The molecule has 0 radical (unpaired) electrons. The number of rotatable bonds is 3. The molecule has 5 nitrogen and oxygen atoms in total. The van der Waals surface area contributed by atoms with Gasteiger partial charge in [0.1, 0.15) is 0 Å². The van der Waals surface area contributed by atoms with E-state index in [-0.39, 0.29) is 11.4 Å². The lowest BCUT2D eigenvalue weighted by atomic mass is 10.1. The minimum absolute atomic E-state index is 0.138. The molecule has 152 valence electrons. The summed E-state index contributed by atoms with van der Waals surface area (Å²) in [6.45, 7) is 3.92. The van der Waals surface area contributed by atoms with Crippen molar-refractivity contribution in [3.8, 4) is 11.6 Å². The molecule has 0 aliphatic carbocycles. The van der Waals surface area contributed by atoms with Crippen LogP contribution in [0.5, 0.6) is 5.88 Å². The van der Waals surface area contributed by atoms with Gasteiger partial charge in [-0.3, -0.25) is 4.79 Å². The number of benzene rings is 3. The Hall–Kier alpha value is -3.77. The Morgan fingerprint density at radius 2 is 1.74 bits per heavy atom. The first kappa shape index (κ1) is 19.2. The lowest BCUT2D eigenvalue weighted by molar-refractivity contribution is 0.436. The van der Waals surface area contributed by atoms with Crippen molar-refractivity contribution < 1.29 is 5.11 Å². The lowest BCUT2D eigenvalue weighted by Gasteiger charge is -2.15. The monoisotopic (exact) mass is 425 g/mol. The first-order chi connectivity index (χ1) is 15.0. The van der Waals surface area contributed by atoms with Crippen LogP contribution in [0.15, 0.2) is 76.5 Å². The Morgan fingerprint density at radius 1 is 1.00 bits per heavy atom. The molecule has 0 amide bonds. The minimum atomic E-state index is -0.266. The Kier molecular flexibility index (Phi) is 4.64. The summed E-state index contributed by atoms with van der Waals surface area (Å²) in [6, 6.07) is 20.9. The number of aromatic nitrogens is 2. The first-order valence-electron chi connectivity index (χ1n) is 9.87. The number of aryl methyl sites for hydroxylation is 2. The number of hydrogen-bond acceptors (Lipinski definition) is 5.